The van der Waals surface area contributed by atoms with E-state index in [0.29, 0.717) is 0 Å². The molecule has 1 aliphatic rings. The minimum atomic E-state index is 0.746. The van der Waals surface area contributed by atoms with Crippen LogP contribution in [0.5, 0.6) is 0 Å². The minimum Gasteiger partial charge on any atom is -0.382 e. The summed E-state index contributed by atoms with van der Waals surface area (Å²) in [5.41, 5.74) is 2.89. The van der Waals surface area contributed by atoms with E-state index >= 15 is 0 Å². The first-order valence-electron chi connectivity index (χ1n) is 7.27. The Kier molecular flexibility index (Phi) is 5.23. The maximum atomic E-state index is 9.13. The Labute approximate surface area is 116 Å². The molecule has 1 N–H and O–H groups in total. The molecule has 1 heterocycles. The topological polar surface area (TPSA) is 39.1 Å². The Morgan fingerprint density at radius 1 is 1.21 bits per heavy atom. The maximum absolute atomic E-state index is 9.13. The lowest BCUT2D eigenvalue weighted by atomic mass is 10.1. The van der Waals surface area contributed by atoms with Crippen molar-refractivity contribution in [2.24, 2.45) is 0 Å². The molecule has 1 aromatic rings. The number of anilines is 1. The van der Waals surface area contributed by atoms with E-state index in [-0.39, 0.29) is 0 Å². The Morgan fingerprint density at radius 2 is 1.95 bits per heavy atom. The average molecular weight is 257 g/mol. The molecule has 0 aromatic heterocycles. The summed E-state index contributed by atoms with van der Waals surface area (Å²) in [6.45, 7) is 6.48. The van der Waals surface area contributed by atoms with Gasteiger partial charge in [0.05, 0.1) is 11.3 Å². The molecule has 0 radical (unpaired) electrons. The highest BCUT2D eigenvalue weighted by atomic mass is 15.1. The summed E-state index contributed by atoms with van der Waals surface area (Å²) >= 11 is 0. The summed E-state index contributed by atoms with van der Waals surface area (Å²) in [6, 6.07) is 8.12. The van der Waals surface area contributed by atoms with Gasteiger partial charge in [0, 0.05) is 13.1 Å². The van der Waals surface area contributed by atoms with E-state index < -0.39 is 0 Å². The number of hydrogen-bond acceptors (Lipinski definition) is 3. The summed E-state index contributed by atoms with van der Waals surface area (Å²) in [5.74, 6) is 0. The molecule has 0 saturated carbocycles. The molecule has 1 fully saturated rings. The average Bonchev–Trinajstić information content (AvgIpc) is 2.69. The van der Waals surface area contributed by atoms with Crippen molar-refractivity contribution in [3.05, 3.63) is 29.3 Å². The predicted octanol–water partition coefficient (Wildman–Crippen LogP) is 3.15. The normalized spacial score (nSPS) is 16.6. The van der Waals surface area contributed by atoms with Crippen LogP contribution in [0.4, 0.5) is 5.69 Å². The van der Waals surface area contributed by atoms with Crippen molar-refractivity contribution in [1.82, 2.24) is 4.90 Å². The summed E-state index contributed by atoms with van der Waals surface area (Å²) < 4.78 is 0. The van der Waals surface area contributed by atoms with Crippen molar-refractivity contribution in [3.8, 4) is 6.07 Å². The minimum absolute atomic E-state index is 0.746. The van der Waals surface area contributed by atoms with Gasteiger partial charge in [-0.15, -0.1) is 0 Å². The highest BCUT2D eigenvalue weighted by molar-refractivity contribution is 5.62. The largest absolute Gasteiger partial charge is 0.382 e. The van der Waals surface area contributed by atoms with Crippen LogP contribution in [0.15, 0.2) is 18.2 Å². The predicted molar refractivity (Wildman–Crippen MR) is 79.3 cm³/mol. The van der Waals surface area contributed by atoms with Crippen LogP contribution in [0.2, 0.25) is 0 Å². The van der Waals surface area contributed by atoms with Gasteiger partial charge in [-0.25, -0.2) is 0 Å². The number of benzene rings is 1. The van der Waals surface area contributed by atoms with Crippen LogP contribution >= 0.6 is 0 Å². The second-order valence-corrected chi connectivity index (χ2v) is 5.29. The molecule has 0 spiro atoms. The van der Waals surface area contributed by atoms with E-state index in [9.17, 15) is 0 Å². The number of aryl methyl sites for hydroxylation is 1. The molecule has 19 heavy (non-hydrogen) atoms. The van der Waals surface area contributed by atoms with Gasteiger partial charge in [-0.05, 0) is 44.5 Å². The van der Waals surface area contributed by atoms with Crippen LogP contribution in [0.1, 0.15) is 36.8 Å². The number of nitrogens with one attached hydrogen (secondary N) is 1. The van der Waals surface area contributed by atoms with Gasteiger partial charge in [0.15, 0.2) is 0 Å². The maximum Gasteiger partial charge on any atom is 0.101 e. The van der Waals surface area contributed by atoms with E-state index in [1.807, 2.05) is 12.1 Å². The van der Waals surface area contributed by atoms with Crippen molar-refractivity contribution >= 4 is 5.69 Å². The fourth-order valence-corrected chi connectivity index (χ4v) is 2.69. The first-order valence-corrected chi connectivity index (χ1v) is 7.27. The molecule has 3 nitrogen and oxygen atoms in total. The van der Waals surface area contributed by atoms with Crippen LogP contribution in [-0.2, 0) is 0 Å². The summed E-state index contributed by atoms with van der Waals surface area (Å²) in [4.78, 5) is 2.53. The van der Waals surface area contributed by atoms with Crippen LogP contribution < -0.4 is 5.32 Å². The summed E-state index contributed by atoms with van der Waals surface area (Å²) in [6.07, 6.45) is 5.40. The van der Waals surface area contributed by atoms with Gasteiger partial charge in [-0.2, -0.15) is 5.26 Å². The zero-order valence-electron chi connectivity index (χ0n) is 11.8. The van der Waals surface area contributed by atoms with Crippen molar-refractivity contribution in [3.63, 3.8) is 0 Å². The first kappa shape index (κ1) is 13.9. The van der Waals surface area contributed by atoms with Crippen molar-refractivity contribution in [2.75, 3.05) is 31.5 Å². The van der Waals surface area contributed by atoms with E-state index in [0.717, 1.165) is 29.9 Å². The Bertz CT molecular complexity index is 440. The smallest absolute Gasteiger partial charge is 0.101 e. The second-order valence-electron chi connectivity index (χ2n) is 5.29. The number of para-hydroxylation sites is 1. The van der Waals surface area contributed by atoms with Gasteiger partial charge < -0.3 is 10.2 Å². The number of rotatable bonds is 4. The molecule has 1 aliphatic heterocycles. The zero-order chi connectivity index (χ0) is 13.5. The first-order chi connectivity index (χ1) is 9.31. The highest BCUT2D eigenvalue weighted by Gasteiger charge is 2.09. The van der Waals surface area contributed by atoms with Crippen LogP contribution in [0, 0.1) is 18.3 Å². The van der Waals surface area contributed by atoms with Gasteiger partial charge in [-0.1, -0.05) is 25.0 Å². The number of nitrogens with zero attached hydrogens (tertiary/aromatic N) is 2. The number of hydrogen-bond donors (Lipinski definition) is 1. The van der Waals surface area contributed by atoms with Gasteiger partial charge in [0.1, 0.15) is 6.07 Å². The number of nitriles is 1. The fraction of sp³-hybridized carbons (Fsp3) is 0.562. The molecule has 1 saturated heterocycles. The van der Waals surface area contributed by atoms with Gasteiger partial charge >= 0.3 is 0 Å². The molecule has 102 valence electrons. The third kappa shape index (κ3) is 3.97. The molecule has 1 aromatic carbocycles. The summed E-state index contributed by atoms with van der Waals surface area (Å²) in [5, 5.41) is 12.6. The molecule has 0 aliphatic carbocycles. The molecule has 0 unspecified atom stereocenters. The Morgan fingerprint density at radius 3 is 2.63 bits per heavy atom. The van der Waals surface area contributed by atoms with E-state index in [1.54, 1.807) is 0 Å². The lowest BCUT2D eigenvalue weighted by Gasteiger charge is -2.20. The lowest BCUT2D eigenvalue weighted by Crippen LogP contribution is -2.30. The van der Waals surface area contributed by atoms with Crippen LogP contribution in [0.25, 0.3) is 0 Å². The molecular formula is C16H23N3. The second kappa shape index (κ2) is 7.16. The fourth-order valence-electron chi connectivity index (χ4n) is 2.69. The third-order valence-electron chi connectivity index (χ3n) is 3.82. The SMILES string of the molecule is Cc1cccc(C#N)c1NCCN1CCCCCC1. The quantitative estimate of drug-likeness (QED) is 0.900. The van der Waals surface area contributed by atoms with Gasteiger partial charge in [0.25, 0.3) is 0 Å². The van der Waals surface area contributed by atoms with Crippen LogP contribution in [-0.4, -0.2) is 31.1 Å². The van der Waals surface area contributed by atoms with E-state index in [2.05, 4.69) is 29.3 Å². The van der Waals surface area contributed by atoms with E-state index in [1.165, 1.54) is 38.8 Å². The summed E-state index contributed by atoms with van der Waals surface area (Å²) in [7, 11) is 0. The van der Waals surface area contributed by atoms with Crippen LogP contribution in [0.3, 0.4) is 0 Å². The molecule has 0 bridgehead atoms. The lowest BCUT2D eigenvalue weighted by molar-refractivity contribution is 0.296. The van der Waals surface area contributed by atoms with Crippen molar-refractivity contribution in [1.29, 1.82) is 5.26 Å². The monoisotopic (exact) mass is 257 g/mol. The molecular weight excluding hydrogens is 234 g/mol. The standard InChI is InChI=1S/C16H23N3/c1-14-7-6-8-15(13-17)16(14)18-9-12-19-10-4-2-3-5-11-19/h6-8,18H,2-5,9-12H2,1H3. The molecule has 0 amide bonds. The Balaban J connectivity index is 1.87. The zero-order valence-corrected chi connectivity index (χ0v) is 11.8. The van der Waals surface area contributed by atoms with Gasteiger partial charge in [0.2, 0.25) is 0 Å². The highest BCUT2D eigenvalue weighted by Crippen LogP contribution is 2.19. The molecule has 2 rings (SSSR count). The third-order valence-corrected chi connectivity index (χ3v) is 3.82. The number of likely N-dealkylation sites (tertiary alicyclic amines) is 1. The molecule has 3 heteroatoms. The molecule has 0 atom stereocenters. The van der Waals surface area contributed by atoms with Gasteiger partial charge in [-0.3, -0.25) is 0 Å². The Hall–Kier alpha value is -1.53. The van der Waals surface area contributed by atoms with Crippen molar-refractivity contribution in [2.45, 2.75) is 32.6 Å². The van der Waals surface area contributed by atoms with Crippen molar-refractivity contribution < 1.29 is 0 Å². The van der Waals surface area contributed by atoms with E-state index in [4.69, 9.17) is 5.26 Å².